The molecule has 0 amide bonds. The second kappa shape index (κ2) is 5.90. The van der Waals surface area contributed by atoms with E-state index in [0.717, 1.165) is 35.0 Å². The molecule has 0 saturated carbocycles. The van der Waals surface area contributed by atoms with Crippen LogP contribution in [0.3, 0.4) is 0 Å². The van der Waals surface area contributed by atoms with Crippen LogP contribution in [0, 0.1) is 13.8 Å². The first-order valence-electron chi connectivity index (χ1n) is 7.44. The monoisotopic (exact) mass is 288 g/mol. The summed E-state index contributed by atoms with van der Waals surface area (Å²) in [5.41, 5.74) is 10.3. The maximum Gasteiger partial charge on any atom is 0.335 e. The van der Waals surface area contributed by atoms with Crippen molar-refractivity contribution >= 4 is 16.9 Å². The highest BCUT2D eigenvalue weighted by Crippen LogP contribution is 2.34. The molecule has 0 atom stereocenters. The average Bonchev–Trinajstić information content (AvgIpc) is 2.80. The second-order valence-electron chi connectivity index (χ2n) is 5.97. The van der Waals surface area contributed by atoms with Crippen LogP contribution in [0.2, 0.25) is 0 Å². The summed E-state index contributed by atoms with van der Waals surface area (Å²) in [4.78, 5) is 11.5. The third kappa shape index (κ3) is 2.68. The number of benzene rings is 1. The van der Waals surface area contributed by atoms with Crippen LogP contribution >= 0.6 is 0 Å². The Morgan fingerprint density at radius 3 is 2.57 bits per heavy atom. The number of nitrogens with two attached hydrogens (primary N) is 1. The van der Waals surface area contributed by atoms with E-state index in [1.807, 2.05) is 13.8 Å². The SMILES string of the molecule is Cc1c(C(=O)O)cc(C)c2c1c(C(C)C)cn2CCCN. The van der Waals surface area contributed by atoms with Crippen molar-refractivity contribution in [2.75, 3.05) is 6.54 Å². The van der Waals surface area contributed by atoms with Gasteiger partial charge < -0.3 is 15.4 Å². The number of carbonyl (C=O) groups is 1. The Kier molecular flexibility index (Phi) is 4.37. The number of hydrogen-bond donors (Lipinski definition) is 2. The molecule has 3 N–H and O–H groups in total. The van der Waals surface area contributed by atoms with Crippen LogP contribution in [-0.2, 0) is 6.54 Å². The molecule has 0 aliphatic carbocycles. The Morgan fingerprint density at radius 2 is 2.05 bits per heavy atom. The third-order valence-electron chi connectivity index (χ3n) is 4.08. The zero-order valence-corrected chi connectivity index (χ0v) is 13.2. The second-order valence-corrected chi connectivity index (χ2v) is 5.97. The summed E-state index contributed by atoms with van der Waals surface area (Å²) in [6.07, 6.45) is 3.08. The maximum atomic E-state index is 11.5. The molecule has 0 fully saturated rings. The van der Waals surface area contributed by atoms with Crippen LogP contribution in [0.25, 0.3) is 10.9 Å². The van der Waals surface area contributed by atoms with Gasteiger partial charge in [-0.2, -0.15) is 0 Å². The highest BCUT2D eigenvalue weighted by Gasteiger charge is 2.19. The van der Waals surface area contributed by atoms with Crippen molar-refractivity contribution in [1.82, 2.24) is 4.57 Å². The van der Waals surface area contributed by atoms with Crippen LogP contribution in [0.1, 0.15) is 53.2 Å². The van der Waals surface area contributed by atoms with E-state index in [0.29, 0.717) is 18.0 Å². The molecule has 2 aromatic rings. The van der Waals surface area contributed by atoms with E-state index in [9.17, 15) is 9.90 Å². The third-order valence-corrected chi connectivity index (χ3v) is 4.08. The largest absolute Gasteiger partial charge is 0.478 e. The molecule has 0 saturated heterocycles. The van der Waals surface area contributed by atoms with Crippen molar-refractivity contribution in [3.8, 4) is 0 Å². The van der Waals surface area contributed by atoms with Crippen LogP contribution in [0.5, 0.6) is 0 Å². The van der Waals surface area contributed by atoms with Crippen LogP contribution in [-0.4, -0.2) is 22.2 Å². The predicted molar refractivity (Wildman–Crippen MR) is 86.1 cm³/mol. The first kappa shape index (κ1) is 15.6. The van der Waals surface area contributed by atoms with Gasteiger partial charge in [0.05, 0.1) is 11.1 Å². The molecule has 4 nitrogen and oxygen atoms in total. The van der Waals surface area contributed by atoms with E-state index >= 15 is 0 Å². The highest BCUT2D eigenvalue weighted by atomic mass is 16.4. The number of aryl methyl sites for hydroxylation is 3. The lowest BCUT2D eigenvalue weighted by Gasteiger charge is -2.11. The summed E-state index contributed by atoms with van der Waals surface area (Å²) in [5, 5.41) is 10.5. The lowest BCUT2D eigenvalue weighted by molar-refractivity contribution is 0.0696. The van der Waals surface area contributed by atoms with Gasteiger partial charge in [0, 0.05) is 18.1 Å². The van der Waals surface area contributed by atoms with E-state index in [1.54, 1.807) is 6.07 Å². The molecule has 0 bridgehead atoms. The van der Waals surface area contributed by atoms with Crippen molar-refractivity contribution in [2.45, 2.75) is 46.6 Å². The smallest absolute Gasteiger partial charge is 0.335 e. The van der Waals surface area contributed by atoms with E-state index in [1.165, 1.54) is 5.56 Å². The number of nitrogens with zero attached hydrogens (tertiary/aromatic N) is 1. The van der Waals surface area contributed by atoms with Gasteiger partial charge in [-0.15, -0.1) is 0 Å². The van der Waals surface area contributed by atoms with Crippen molar-refractivity contribution < 1.29 is 9.90 Å². The molecule has 0 aliphatic rings. The maximum absolute atomic E-state index is 11.5. The zero-order valence-electron chi connectivity index (χ0n) is 13.2. The number of rotatable bonds is 5. The summed E-state index contributed by atoms with van der Waals surface area (Å²) in [7, 11) is 0. The molecule has 4 heteroatoms. The molecule has 0 unspecified atom stereocenters. The number of hydrogen-bond acceptors (Lipinski definition) is 2. The van der Waals surface area contributed by atoms with Crippen LogP contribution in [0.4, 0.5) is 0 Å². The van der Waals surface area contributed by atoms with Crippen LogP contribution < -0.4 is 5.73 Å². The van der Waals surface area contributed by atoms with Crippen molar-refractivity contribution in [3.05, 3.63) is 34.5 Å². The zero-order chi connectivity index (χ0) is 15.7. The Morgan fingerprint density at radius 1 is 1.38 bits per heavy atom. The Balaban J connectivity index is 2.80. The number of carboxylic acid groups (broad SMARTS) is 1. The highest BCUT2D eigenvalue weighted by molar-refractivity contribution is 6.00. The van der Waals surface area contributed by atoms with Crippen molar-refractivity contribution in [2.24, 2.45) is 5.73 Å². The van der Waals surface area contributed by atoms with Crippen LogP contribution in [0.15, 0.2) is 12.3 Å². The Hall–Kier alpha value is -1.81. The van der Waals surface area contributed by atoms with E-state index < -0.39 is 5.97 Å². The van der Waals surface area contributed by atoms with Gasteiger partial charge in [0.15, 0.2) is 0 Å². The van der Waals surface area contributed by atoms with Gasteiger partial charge in [-0.05, 0) is 55.5 Å². The van der Waals surface area contributed by atoms with Gasteiger partial charge in [-0.1, -0.05) is 13.8 Å². The first-order valence-corrected chi connectivity index (χ1v) is 7.44. The van der Waals surface area contributed by atoms with Gasteiger partial charge >= 0.3 is 5.97 Å². The first-order chi connectivity index (χ1) is 9.88. The van der Waals surface area contributed by atoms with Gasteiger partial charge in [0.1, 0.15) is 0 Å². The van der Waals surface area contributed by atoms with E-state index in [2.05, 4.69) is 24.6 Å². The molecular formula is C17H24N2O2. The fourth-order valence-electron chi connectivity index (χ4n) is 3.02. The normalized spacial score (nSPS) is 11.5. The van der Waals surface area contributed by atoms with Crippen molar-refractivity contribution in [1.29, 1.82) is 0 Å². The van der Waals surface area contributed by atoms with Gasteiger partial charge in [0.2, 0.25) is 0 Å². The van der Waals surface area contributed by atoms with Crippen molar-refractivity contribution in [3.63, 3.8) is 0 Å². The molecular weight excluding hydrogens is 264 g/mol. The van der Waals surface area contributed by atoms with Gasteiger partial charge in [-0.3, -0.25) is 0 Å². The minimum absolute atomic E-state index is 0.355. The molecule has 2 rings (SSSR count). The summed E-state index contributed by atoms with van der Waals surface area (Å²) < 4.78 is 2.23. The minimum Gasteiger partial charge on any atom is -0.478 e. The molecule has 1 aromatic carbocycles. The molecule has 0 spiro atoms. The minimum atomic E-state index is -0.859. The Labute approximate surface area is 125 Å². The summed E-state index contributed by atoms with van der Waals surface area (Å²) in [6, 6.07) is 1.78. The average molecular weight is 288 g/mol. The number of carboxylic acids is 1. The van der Waals surface area contributed by atoms with Gasteiger partial charge in [0.25, 0.3) is 0 Å². The molecule has 0 radical (unpaired) electrons. The molecule has 0 aliphatic heterocycles. The fraction of sp³-hybridized carbons (Fsp3) is 0.471. The summed E-state index contributed by atoms with van der Waals surface area (Å²) in [6.45, 7) is 9.70. The quantitative estimate of drug-likeness (QED) is 0.885. The number of fused-ring (bicyclic) bond motifs is 1. The van der Waals surface area contributed by atoms with E-state index in [-0.39, 0.29) is 0 Å². The fourth-order valence-corrected chi connectivity index (χ4v) is 3.02. The molecule has 114 valence electrons. The lowest BCUT2D eigenvalue weighted by atomic mass is 9.94. The topological polar surface area (TPSA) is 68.2 Å². The number of aromatic carboxylic acids is 1. The predicted octanol–water partition coefficient (Wildman–Crippen LogP) is 3.43. The summed E-state index contributed by atoms with van der Waals surface area (Å²) in [5.74, 6) is -0.504. The standard InChI is InChI=1S/C17H24N2O2/c1-10(2)14-9-19(7-5-6-18)16-11(3)8-13(17(20)21)12(4)15(14)16/h8-10H,5-7,18H2,1-4H3,(H,20,21). The molecule has 1 aromatic heterocycles. The molecule has 1 heterocycles. The van der Waals surface area contributed by atoms with E-state index in [4.69, 9.17) is 5.73 Å². The van der Waals surface area contributed by atoms with Gasteiger partial charge in [-0.25, -0.2) is 4.79 Å². The number of aromatic nitrogens is 1. The molecule has 21 heavy (non-hydrogen) atoms. The lowest BCUT2D eigenvalue weighted by Crippen LogP contribution is -2.06. The Bertz CT molecular complexity index is 684. The summed E-state index contributed by atoms with van der Waals surface area (Å²) >= 11 is 0.